The van der Waals surface area contributed by atoms with Crippen LogP contribution in [-0.4, -0.2) is 25.0 Å². The van der Waals surface area contributed by atoms with Crippen molar-refractivity contribution in [2.75, 3.05) is 20.1 Å². The van der Waals surface area contributed by atoms with Gasteiger partial charge in [-0.1, -0.05) is 51.9 Å². The van der Waals surface area contributed by atoms with Gasteiger partial charge in [-0.25, -0.2) is 0 Å². The fourth-order valence-corrected chi connectivity index (χ4v) is 2.76. The van der Waals surface area contributed by atoms with Crippen LogP contribution in [0.3, 0.4) is 0 Å². The van der Waals surface area contributed by atoms with Gasteiger partial charge in [-0.15, -0.1) is 0 Å². The first-order valence-electron chi connectivity index (χ1n) is 7.01. The Morgan fingerprint density at radius 2 is 1.53 bits per heavy atom. The first-order valence-corrected chi connectivity index (χ1v) is 7.01. The molecule has 1 nitrogen and oxygen atoms in total. The lowest BCUT2D eigenvalue weighted by Crippen LogP contribution is -2.10. The Bertz CT molecular complexity index is 130. The zero-order chi connectivity index (χ0) is 10.9. The summed E-state index contributed by atoms with van der Waals surface area (Å²) < 4.78 is 0. The number of likely N-dealkylation sites (tertiary alicyclic amines) is 1. The lowest BCUT2D eigenvalue weighted by atomic mass is 9.86. The summed E-state index contributed by atoms with van der Waals surface area (Å²) in [4.78, 5) is 2.36. The lowest BCUT2D eigenvalue weighted by molar-refractivity contribution is 0.336. The molecule has 0 amide bonds. The molecule has 2 rings (SSSR count). The van der Waals surface area contributed by atoms with Gasteiger partial charge in [0.1, 0.15) is 0 Å². The van der Waals surface area contributed by atoms with Gasteiger partial charge in [-0.2, -0.15) is 0 Å². The molecule has 1 heterocycles. The van der Waals surface area contributed by atoms with E-state index in [4.69, 9.17) is 0 Å². The van der Waals surface area contributed by atoms with E-state index in [9.17, 15) is 0 Å². The Morgan fingerprint density at radius 3 is 1.93 bits per heavy atom. The molecule has 1 saturated carbocycles. The van der Waals surface area contributed by atoms with Crippen molar-refractivity contribution < 1.29 is 0 Å². The van der Waals surface area contributed by atoms with Gasteiger partial charge in [0.15, 0.2) is 0 Å². The molecule has 90 valence electrons. The predicted molar refractivity (Wildman–Crippen MR) is 68.2 cm³/mol. The van der Waals surface area contributed by atoms with Gasteiger partial charge in [0.2, 0.25) is 0 Å². The average Bonchev–Trinajstić information content (AvgIpc) is 2.72. The molecule has 15 heavy (non-hydrogen) atoms. The molecule has 0 atom stereocenters. The van der Waals surface area contributed by atoms with Gasteiger partial charge in [0, 0.05) is 0 Å². The van der Waals surface area contributed by atoms with Crippen LogP contribution in [0.25, 0.3) is 0 Å². The van der Waals surface area contributed by atoms with Crippen molar-refractivity contribution in [2.45, 2.75) is 64.7 Å². The largest absolute Gasteiger partial charge is 0.306 e. The zero-order valence-corrected chi connectivity index (χ0v) is 10.8. The van der Waals surface area contributed by atoms with Gasteiger partial charge in [0.25, 0.3) is 0 Å². The summed E-state index contributed by atoms with van der Waals surface area (Å²) in [6.45, 7) is 4.94. The number of hydrogen-bond donors (Lipinski definition) is 0. The van der Waals surface area contributed by atoms with Gasteiger partial charge in [-0.3, -0.25) is 0 Å². The van der Waals surface area contributed by atoms with Gasteiger partial charge >= 0.3 is 0 Å². The van der Waals surface area contributed by atoms with Gasteiger partial charge in [-0.05, 0) is 38.9 Å². The quantitative estimate of drug-likeness (QED) is 0.665. The maximum Gasteiger partial charge on any atom is -0.00213 e. The lowest BCUT2D eigenvalue weighted by Gasteiger charge is -2.20. The highest BCUT2D eigenvalue weighted by molar-refractivity contribution is 4.64. The van der Waals surface area contributed by atoms with Crippen molar-refractivity contribution in [1.29, 1.82) is 0 Å². The molecule has 0 N–H and O–H groups in total. The van der Waals surface area contributed by atoms with Crippen LogP contribution in [0.5, 0.6) is 0 Å². The van der Waals surface area contributed by atoms with Crippen LogP contribution in [0.4, 0.5) is 0 Å². The van der Waals surface area contributed by atoms with Crippen molar-refractivity contribution >= 4 is 0 Å². The molecule has 1 heteroatoms. The first kappa shape index (κ1) is 13.0. The maximum atomic E-state index is 2.36. The van der Waals surface area contributed by atoms with Crippen molar-refractivity contribution in [3.8, 4) is 0 Å². The number of nitrogens with zero attached hydrogens (tertiary/aromatic N) is 1. The minimum atomic E-state index is 1.10. The summed E-state index contributed by atoms with van der Waals surface area (Å²) >= 11 is 0. The molecular weight excluding hydrogens is 182 g/mol. The van der Waals surface area contributed by atoms with Gasteiger partial charge < -0.3 is 4.90 Å². The van der Waals surface area contributed by atoms with E-state index in [2.05, 4.69) is 18.9 Å². The van der Waals surface area contributed by atoms with E-state index in [0.717, 1.165) is 5.92 Å². The second kappa shape index (κ2) is 8.15. The number of rotatable bonds is 2. The molecule has 0 aromatic rings. The standard InChI is InChI=1S/C9H18.C5H11N/c1-2-6-9-7-4-3-5-8-9;1-6-4-2-3-5-6/h9H,2-8H2,1H3;2-5H2,1H3. The van der Waals surface area contributed by atoms with E-state index >= 15 is 0 Å². The van der Waals surface area contributed by atoms with Crippen molar-refractivity contribution in [3.63, 3.8) is 0 Å². The molecule has 1 saturated heterocycles. The fraction of sp³-hybridized carbons (Fsp3) is 1.00. The molecule has 0 aromatic carbocycles. The van der Waals surface area contributed by atoms with Crippen LogP contribution < -0.4 is 0 Å². The molecule has 2 aliphatic rings. The highest BCUT2D eigenvalue weighted by Gasteiger charge is 2.11. The Balaban J connectivity index is 0.000000162. The molecule has 0 unspecified atom stereocenters. The molecular formula is C14H29N. The smallest absolute Gasteiger partial charge is 0.00213 e. The SMILES string of the molecule is CCCC1CCCCC1.CN1CCCC1. The second-order valence-corrected chi connectivity index (χ2v) is 5.30. The number of hydrogen-bond acceptors (Lipinski definition) is 1. The first-order chi connectivity index (χ1) is 7.33. The second-order valence-electron chi connectivity index (χ2n) is 5.30. The van der Waals surface area contributed by atoms with Gasteiger partial charge in [0.05, 0.1) is 0 Å². The van der Waals surface area contributed by atoms with E-state index in [1.807, 2.05) is 0 Å². The third-order valence-corrected chi connectivity index (χ3v) is 3.75. The van der Waals surface area contributed by atoms with Crippen molar-refractivity contribution in [1.82, 2.24) is 4.90 Å². The maximum absolute atomic E-state index is 2.36. The van der Waals surface area contributed by atoms with Crippen LogP contribution >= 0.6 is 0 Å². The summed E-state index contributed by atoms with van der Waals surface area (Å²) in [5.74, 6) is 1.10. The topological polar surface area (TPSA) is 3.24 Å². The normalized spacial score (nSPS) is 23.6. The van der Waals surface area contributed by atoms with Crippen LogP contribution in [-0.2, 0) is 0 Å². The molecule has 2 fully saturated rings. The molecule has 1 aliphatic carbocycles. The predicted octanol–water partition coefficient (Wildman–Crippen LogP) is 4.08. The fourth-order valence-electron chi connectivity index (χ4n) is 2.76. The van der Waals surface area contributed by atoms with E-state index in [0.29, 0.717) is 0 Å². The Kier molecular flexibility index (Phi) is 7.08. The Hall–Kier alpha value is -0.0400. The third kappa shape index (κ3) is 6.19. The Labute approximate surface area is 96.2 Å². The third-order valence-electron chi connectivity index (χ3n) is 3.75. The average molecular weight is 211 g/mol. The summed E-state index contributed by atoms with van der Waals surface area (Å²) in [6.07, 6.45) is 13.3. The van der Waals surface area contributed by atoms with Crippen molar-refractivity contribution in [2.24, 2.45) is 5.92 Å². The van der Waals surface area contributed by atoms with E-state index in [1.165, 1.54) is 70.9 Å². The minimum Gasteiger partial charge on any atom is -0.306 e. The minimum absolute atomic E-state index is 1.10. The monoisotopic (exact) mass is 211 g/mol. The highest BCUT2D eigenvalue weighted by Crippen LogP contribution is 2.26. The zero-order valence-electron chi connectivity index (χ0n) is 10.8. The highest BCUT2D eigenvalue weighted by atomic mass is 15.1. The molecule has 0 radical (unpaired) electrons. The summed E-state index contributed by atoms with van der Waals surface area (Å²) in [5.41, 5.74) is 0. The van der Waals surface area contributed by atoms with Crippen LogP contribution in [0.1, 0.15) is 64.7 Å². The van der Waals surface area contributed by atoms with Crippen LogP contribution in [0, 0.1) is 5.92 Å². The molecule has 0 bridgehead atoms. The molecule has 1 aliphatic heterocycles. The molecule has 0 spiro atoms. The summed E-state index contributed by atoms with van der Waals surface area (Å²) in [6, 6.07) is 0. The van der Waals surface area contributed by atoms with E-state index < -0.39 is 0 Å². The Morgan fingerprint density at radius 1 is 0.933 bits per heavy atom. The van der Waals surface area contributed by atoms with E-state index in [1.54, 1.807) is 0 Å². The molecule has 0 aromatic heterocycles. The summed E-state index contributed by atoms with van der Waals surface area (Å²) in [7, 11) is 2.17. The van der Waals surface area contributed by atoms with Crippen molar-refractivity contribution in [3.05, 3.63) is 0 Å². The summed E-state index contributed by atoms with van der Waals surface area (Å²) in [5, 5.41) is 0. The van der Waals surface area contributed by atoms with Crippen LogP contribution in [0.2, 0.25) is 0 Å². The van der Waals surface area contributed by atoms with E-state index in [-0.39, 0.29) is 0 Å². The van der Waals surface area contributed by atoms with Crippen LogP contribution in [0.15, 0.2) is 0 Å².